The van der Waals surface area contributed by atoms with Crippen molar-refractivity contribution in [3.05, 3.63) is 29.3 Å². The SMILES string of the molecule is COc1cc(C(C)C)ccc1C(C)N1CCNCC1. The first kappa shape index (κ1) is 14.4. The molecule has 3 nitrogen and oxygen atoms in total. The molecule has 0 amide bonds. The predicted octanol–water partition coefficient (Wildman–Crippen LogP) is 2.78. The summed E-state index contributed by atoms with van der Waals surface area (Å²) < 4.78 is 5.61. The molecule has 1 fully saturated rings. The minimum absolute atomic E-state index is 0.415. The Morgan fingerprint density at radius 2 is 1.84 bits per heavy atom. The molecule has 0 aromatic heterocycles. The van der Waals surface area contributed by atoms with Gasteiger partial charge in [-0.3, -0.25) is 4.90 Å². The Kier molecular flexibility index (Phi) is 4.83. The average Bonchev–Trinajstić information content (AvgIpc) is 2.46. The minimum atomic E-state index is 0.415. The second-order valence-corrected chi connectivity index (χ2v) is 5.62. The first-order chi connectivity index (χ1) is 9.13. The highest BCUT2D eigenvalue weighted by atomic mass is 16.5. The van der Waals surface area contributed by atoms with Gasteiger partial charge in [0.25, 0.3) is 0 Å². The van der Waals surface area contributed by atoms with E-state index in [1.807, 2.05) is 0 Å². The lowest BCUT2D eigenvalue weighted by atomic mass is 9.97. The molecule has 0 radical (unpaired) electrons. The number of nitrogens with one attached hydrogen (secondary N) is 1. The molecule has 1 aliphatic rings. The van der Waals surface area contributed by atoms with Gasteiger partial charge in [-0.05, 0) is 24.5 Å². The van der Waals surface area contributed by atoms with Gasteiger partial charge in [-0.25, -0.2) is 0 Å². The Balaban J connectivity index is 2.22. The van der Waals surface area contributed by atoms with Crippen LogP contribution in [0, 0.1) is 0 Å². The topological polar surface area (TPSA) is 24.5 Å². The lowest BCUT2D eigenvalue weighted by molar-refractivity contribution is 0.182. The summed E-state index contributed by atoms with van der Waals surface area (Å²) in [5.41, 5.74) is 2.64. The van der Waals surface area contributed by atoms with E-state index < -0.39 is 0 Å². The normalized spacial score (nSPS) is 18.6. The highest BCUT2D eigenvalue weighted by Crippen LogP contribution is 2.32. The number of rotatable bonds is 4. The number of hydrogen-bond donors (Lipinski definition) is 1. The Labute approximate surface area is 116 Å². The fourth-order valence-corrected chi connectivity index (χ4v) is 2.70. The first-order valence-electron chi connectivity index (χ1n) is 7.26. The van der Waals surface area contributed by atoms with Crippen molar-refractivity contribution >= 4 is 0 Å². The fourth-order valence-electron chi connectivity index (χ4n) is 2.70. The summed E-state index contributed by atoms with van der Waals surface area (Å²) in [6, 6.07) is 7.08. The van der Waals surface area contributed by atoms with Gasteiger partial charge in [0.05, 0.1) is 7.11 Å². The third kappa shape index (κ3) is 3.28. The molecule has 3 heteroatoms. The van der Waals surface area contributed by atoms with Crippen molar-refractivity contribution in [2.45, 2.75) is 32.7 Å². The second kappa shape index (κ2) is 6.40. The van der Waals surface area contributed by atoms with Gasteiger partial charge in [-0.1, -0.05) is 26.0 Å². The summed E-state index contributed by atoms with van der Waals surface area (Å²) in [6.07, 6.45) is 0. The highest BCUT2D eigenvalue weighted by Gasteiger charge is 2.21. The van der Waals surface area contributed by atoms with E-state index in [0.717, 1.165) is 31.9 Å². The molecule has 1 N–H and O–H groups in total. The molecule has 1 saturated heterocycles. The highest BCUT2D eigenvalue weighted by molar-refractivity contribution is 5.40. The van der Waals surface area contributed by atoms with Gasteiger partial charge in [0, 0.05) is 37.8 Å². The molecule has 0 aliphatic carbocycles. The van der Waals surface area contributed by atoms with E-state index in [0.29, 0.717) is 12.0 Å². The van der Waals surface area contributed by atoms with Crippen molar-refractivity contribution in [1.82, 2.24) is 10.2 Å². The van der Waals surface area contributed by atoms with E-state index in [2.05, 4.69) is 49.2 Å². The molecule has 0 saturated carbocycles. The monoisotopic (exact) mass is 262 g/mol. The average molecular weight is 262 g/mol. The van der Waals surface area contributed by atoms with E-state index in [-0.39, 0.29) is 0 Å². The number of ether oxygens (including phenoxy) is 1. The zero-order chi connectivity index (χ0) is 13.8. The summed E-state index contributed by atoms with van der Waals surface area (Å²) in [5.74, 6) is 1.56. The third-order valence-corrected chi connectivity index (χ3v) is 4.07. The Hall–Kier alpha value is -1.06. The molecule has 2 rings (SSSR count). The van der Waals surface area contributed by atoms with Crippen molar-refractivity contribution in [3.8, 4) is 5.75 Å². The summed E-state index contributed by atoms with van der Waals surface area (Å²) >= 11 is 0. The van der Waals surface area contributed by atoms with Crippen molar-refractivity contribution in [3.63, 3.8) is 0 Å². The van der Waals surface area contributed by atoms with E-state index in [9.17, 15) is 0 Å². The van der Waals surface area contributed by atoms with Crippen LogP contribution in [0.1, 0.15) is 43.9 Å². The zero-order valence-corrected chi connectivity index (χ0v) is 12.6. The molecule has 0 spiro atoms. The van der Waals surface area contributed by atoms with Crippen LogP contribution < -0.4 is 10.1 Å². The standard InChI is InChI=1S/C16H26N2O/c1-12(2)14-5-6-15(16(11-14)19-4)13(3)18-9-7-17-8-10-18/h5-6,11-13,17H,7-10H2,1-4H3. The Bertz CT molecular complexity index is 411. The largest absolute Gasteiger partial charge is 0.496 e. The van der Waals surface area contributed by atoms with Crippen molar-refractivity contribution in [1.29, 1.82) is 0 Å². The third-order valence-electron chi connectivity index (χ3n) is 4.07. The van der Waals surface area contributed by atoms with Crippen molar-refractivity contribution in [2.24, 2.45) is 0 Å². The number of benzene rings is 1. The number of hydrogen-bond acceptors (Lipinski definition) is 3. The summed E-state index contributed by atoms with van der Waals surface area (Å²) in [6.45, 7) is 11.1. The maximum atomic E-state index is 5.61. The molecule has 19 heavy (non-hydrogen) atoms. The van der Waals surface area contributed by atoms with Crippen molar-refractivity contribution < 1.29 is 4.74 Å². The van der Waals surface area contributed by atoms with Gasteiger partial charge in [0.2, 0.25) is 0 Å². The summed E-state index contributed by atoms with van der Waals surface area (Å²) in [7, 11) is 1.77. The van der Waals surface area contributed by atoms with Crippen molar-refractivity contribution in [2.75, 3.05) is 33.3 Å². The summed E-state index contributed by atoms with van der Waals surface area (Å²) in [5, 5.41) is 3.40. The second-order valence-electron chi connectivity index (χ2n) is 5.62. The zero-order valence-electron chi connectivity index (χ0n) is 12.6. The maximum Gasteiger partial charge on any atom is 0.123 e. The fraction of sp³-hybridized carbons (Fsp3) is 0.625. The smallest absolute Gasteiger partial charge is 0.123 e. The quantitative estimate of drug-likeness (QED) is 0.903. The number of nitrogens with zero attached hydrogens (tertiary/aromatic N) is 1. The lowest BCUT2D eigenvalue weighted by Gasteiger charge is -2.33. The minimum Gasteiger partial charge on any atom is -0.496 e. The summed E-state index contributed by atoms with van der Waals surface area (Å²) in [4.78, 5) is 2.52. The van der Waals surface area contributed by atoms with Gasteiger partial charge in [0.15, 0.2) is 0 Å². The van der Waals surface area contributed by atoms with Crippen LogP contribution in [-0.2, 0) is 0 Å². The van der Waals surface area contributed by atoms with Crippen LogP contribution in [0.5, 0.6) is 5.75 Å². The van der Waals surface area contributed by atoms with Crippen LogP contribution in [-0.4, -0.2) is 38.2 Å². The van der Waals surface area contributed by atoms with E-state index >= 15 is 0 Å². The lowest BCUT2D eigenvalue weighted by Crippen LogP contribution is -2.44. The molecular formula is C16H26N2O. The van der Waals surface area contributed by atoms with Gasteiger partial charge in [0.1, 0.15) is 5.75 Å². The van der Waals surface area contributed by atoms with Crippen LogP contribution in [0.25, 0.3) is 0 Å². The first-order valence-corrected chi connectivity index (χ1v) is 7.26. The van der Waals surface area contributed by atoms with Gasteiger partial charge in [-0.15, -0.1) is 0 Å². The van der Waals surface area contributed by atoms with Gasteiger partial charge >= 0.3 is 0 Å². The van der Waals surface area contributed by atoms with Crippen LogP contribution in [0.2, 0.25) is 0 Å². The number of piperazine rings is 1. The molecular weight excluding hydrogens is 236 g/mol. The molecule has 1 heterocycles. The Morgan fingerprint density at radius 3 is 2.42 bits per heavy atom. The van der Waals surface area contributed by atoms with E-state index in [1.54, 1.807) is 7.11 Å². The molecule has 1 aliphatic heterocycles. The van der Waals surface area contributed by atoms with Crippen LogP contribution in [0.4, 0.5) is 0 Å². The van der Waals surface area contributed by atoms with Gasteiger partial charge < -0.3 is 10.1 Å². The Morgan fingerprint density at radius 1 is 1.16 bits per heavy atom. The number of methoxy groups -OCH3 is 1. The maximum absolute atomic E-state index is 5.61. The molecule has 106 valence electrons. The predicted molar refractivity (Wildman–Crippen MR) is 79.9 cm³/mol. The molecule has 1 aromatic carbocycles. The van der Waals surface area contributed by atoms with E-state index in [1.165, 1.54) is 11.1 Å². The van der Waals surface area contributed by atoms with E-state index in [4.69, 9.17) is 4.74 Å². The van der Waals surface area contributed by atoms with Crippen LogP contribution >= 0.6 is 0 Å². The van der Waals surface area contributed by atoms with Gasteiger partial charge in [-0.2, -0.15) is 0 Å². The molecule has 1 atom stereocenters. The molecule has 1 aromatic rings. The van der Waals surface area contributed by atoms with Crippen LogP contribution in [0.3, 0.4) is 0 Å². The molecule has 1 unspecified atom stereocenters. The molecule has 0 bridgehead atoms. The van der Waals surface area contributed by atoms with Crippen LogP contribution in [0.15, 0.2) is 18.2 Å².